The SMILES string of the molecule is CCCS(=O)(=O)N1CCCC1C(=O)Nc1nc(-c2cc(C)oc2C)cs1. The Bertz CT molecular complexity index is 901. The van der Waals surface area contributed by atoms with Gasteiger partial charge in [0.2, 0.25) is 15.9 Å². The molecule has 1 N–H and O–H groups in total. The highest BCUT2D eigenvalue weighted by atomic mass is 32.2. The van der Waals surface area contributed by atoms with Gasteiger partial charge in [-0.2, -0.15) is 4.31 Å². The van der Waals surface area contributed by atoms with Crippen LogP contribution < -0.4 is 5.32 Å². The van der Waals surface area contributed by atoms with E-state index >= 15 is 0 Å². The van der Waals surface area contributed by atoms with E-state index in [2.05, 4.69) is 10.3 Å². The molecule has 9 heteroatoms. The summed E-state index contributed by atoms with van der Waals surface area (Å²) in [6, 6.07) is 1.25. The van der Waals surface area contributed by atoms with Crippen LogP contribution in [0.2, 0.25) is 0 Å². The minimum absolute atomic E-state index is 0.0668. The Labute approximate surface area is 157 Å². The number of hydrogen-bond donors (Lipinski definition) is 1. The number of nitrogens with zero attached hydrogens (tertiary/aromatic N) is 2. The standard InChI is InChI=1S/C17H23N3O4S2/c1-4-8-26(22,23)20-7-5-6-15(20)16(21)19-17-18-14(10-25-17)13-9-11(2)24-12(13)3/h9-10,15H,4-8H2,1-3H3,(H,18,19,21). The molecular weight excluding hydrogens is 374 g/mol. The van der Waals surface area contributed by atoms with Gasteiger partial charge in [-0.1, -0.05) is 6.92 Å². The predicted molar refractivity (Wildman–Crippen MR) is 102 cm³/mol. The van der Waals surface area contributed by atoms with Crippen LogP contribution in [0, 0.1) is 13.8 Å². The van der Waals surface area contributed by atoms with Crippen molar-refractivity contribution in [3.63, 3.8) is 0 Å². The number of rotatable bonds is 6. The second-order valence-corrected chi connectivity index (χ2v) is 9.34. The number of aryl methyl sites for hydroxylation is 2. The first-order chi connectivity index (χ1) is 12.3. The molecule has 0 aromatic carbocycles. The Morgan fingerprint density at radius 2 is 2.23 bits per heavy atom. The number of amides is 1. The average molecular weight is 398 g/mol. The Hall–Kier alpha value is -1.71. The average Bonchev–Trinajstić information content (AvgIpc) is 3.27. The van der Waals surface area contributed by atoms with Gasteiger partial charge in [-0.05, 0) is 39.2 Å². The molecule has 1 aliphatic rings. The van der Waals surface area contributed by atoms with Crippen molar-refractivity contribution in [1.29, 1.82) is 0 Å². The number of thiazole rings is 1. The first-order valence-electron chi connectivity index (χ1n) is 8.65. The maximum Gasteiger partial charge on any atom is 0.244 e. The van der Waals surface area contributed by atoms with E-state index in [-0.39, 0.29) is 11.7 Å². The molecule has 3 rings (SSSR count). The fraction of sp³-hybridized carbons (Fsp3) is 0.529. The Kier molecular flexibility index (Phi) is 5.50. The molecule has 1 unspecified atom stereocenters. The lowest BCUT2D eigenvalue weighted by atomic mass is 10.2. The van der Waals surface area contributed by atoms with Crippen molar-refractivity contribution in [3.05, 3.63) is 23.0 Å². The zero-order valence-corrected chi connectivity index (χ0v) is 16.7. The number of hydrogen-bond acceptors (Lipinski definition) is 6. The van der Waals surface area contributed by atoms with Gasteiger partial charge in [0.05, 0.1) is 11.4 Å². The monoisotopic (exact) mass is 397 g/mol. The molecule has 0 saturated carbocycles. The number of aromatic nitrogens is 1. The Balaban J connectivity index is 1.73. The van der Waals surface area contributed by atoms with E-state index in [0.29, 0.717) is 30.9 Å². The van der Waals surface area contributed by atoms with E-state index in [0.717, 1.165) is 22.8 Å². The van der Waals surface area contributed by atoms with E-state index in [9.17, 15) is 13.2 Å². The normalized spacial score (nSPS) is 18.3. The second kappa shape index (κ2) is 7.50. The maximum absolute atomic E-state index is 12.6. The van der Waals surface area contributed by atoms with Gasteiger partial charge in [-0.3, -0.25) is 4.79 Å². The van der Waals surface area contributed by atoms with Gasteiger partial charge >= 0.3 is 0 Å². The Morgan fingerprint density at radius 3 is 2.88 bits per heavy atom. The third-order valence-corrected chi connectivity index (χ3v) is 7.21. The summed E-state index contributed by atoms with van der Waals surface area (Å²) in [4.78, 5) is 17.1. The van der Waals surface area contributed by atoms with Gasteiger partial charge in [-0.15, -0.1) is 11.3 Å². The van der Waals surface area contributed by atoms with Crippen LogP contribution in [0.1, 0.15) is 37.7 Å². The molecule has 0 bridgehead atoms. The molecule has 1 atom stereocenters. The number of anilines is 1. The molecule has 142 valence electrons. The number of furan rings is 1. The van der Waals surface area contributed by atoms with Crippen LogP contribution >= 0.6 is 11.3 Å². The van der Waals surface area contributed by atoms with Crippen LogP contribution in [0.4, 0.5) is 5.13 Å². The highest BCUT2D eigenvalue weighted by molar-refractivity contribution is 7.89. The smallest absolute Gasteiger partial charge is 0.244 e. The minimum Gasteiger partial charge on any atom is -0.466 e. The summed E-state index contributed by atoms with van der Waals surface area (Å²) in [5, 5.41) is 5.09. The van der Waals surface area contributed by atoms with E-state index < -0.39 is 16.1 Å². The lowest BCUT2D eigenvalue weighted by Gasteiger charge is -2.22. The lowest BCUT2D eigenvalue weighted by Crippen LogP contribution is -2.44. The summed E-state index contributed by atoms with van der Waals surface area (Å²) < 4.78 is 31.6. The van der Waals surface area contributed by atoms with Gasteiger partial charge in [0.25, 0.3) is 0 Å². The summed E-state index contributed by atoms with van der Waals surface area (Å²) in [5.74, 6) is 1.33. The molecule has 1 saturated heterocycles. The summed E-state index contributed by atoms with van der Waals surface area (Å²) in [7, 11) is -3.39. The van der Waals surface area contributed by atoms with E-state index in [1.165, 1.54) is 15.6 Å². The molecule has 0 radical (unpaired) electrons. The van der Waals surface area contributed by atoms with Gasteiger partial charge < -0.3 is 9.73 Å². The molecule has 7 nitrogen and oxygen atoms in total. The molecule has 1 amide bonds. The highest BCUT2D eigenvalue weighted by Gasteiger charge is 2.38. The molecule has 0 aliphatic carbocycles. The molecule has 3 heterocycles. The van der Waals surface area contributed by atoms with Crippen molar-refractivity contribution in [3.8, 4) is 11.3 Å². The summed E-state index contributed by atoms with van der Waals surface area (Å²) in [6.45, 7) is 5.96. The van der Waals surface area contributed by atoms with Gasteiger partial charge in [0, 0.05) is 17.5 Å². The van der Waals surface area contributed by atoms with E-state index in [1.807, 2.05) is 32.2 Å². The van der Waals surface area contributed by atoms with Crippen LogP contribution in [-0.4, -0.2) is 42.0 Å². The summed E-state index contributed by atoms with van der Waals surface area (Å²) in [6.07, 6.45) is 1.76. The topological polar surface area (TPSA) is 92.5 Å². The van der Waals surface area contributed by atoms with E-state index in [4.69, 9.17) is 4.42 Å². The summed E-state index contributed by atoms with van der Waals surface area (Å²) >= 11 is 1.32. The highest BCUT2D eigenvalue weighted by Crippen LogP contribution is 2.30. The third-order valence-electron chi connectivity index (χ3n) is 4.38. The van der Waals surface area contributed by atoms with Crippen LogP contribution in [0.5, 0.6) is 0 Å². The molecule has 0 spiro atoms. The zero-order valence-electron chi connectivity index (χ0n) is 15.1. The quantitative estimate of drug-likeness (QED) is 0.808. The largest absolute Gasteiger partial charge is 0.466 e. The van der Waals surface area contributed by atoms with Crippen LogP contribution in [0.3, 0.4) is 0 Å². The van der Waals surface area contributed by atoms with Crippen molar-refractivity contribution in [2.24, 2.45) is 0 Å². The lowest BCUT2D eigenvalue weighted by molar-refractivity contribution is -0.119. The van der Waals surface area contributed by atoms with Crippen LogP contribution in [0.25, 0.3) is 11.3 Å². The first kappa shape index (κ1) is 19.1. The van der Waals surface area contributed by atoms with Gasteiger partial charge in [0.15, 0.2) is 5.13 Å². The number of nitrogens with one attached hydrogen (secondary N) is 1. The fourth-order valence-electron chi connectivity index (χ4n) is 3.24. The molecule has 2 aromatic heterocycles. The number of carbonyl (C=O) groups excluding carboxylic acids is 1. The van der Waals surface area contributed by atoms with Crippen LogP contribution in [0.15, 0.2) is 15.9 Å². The van der Waals surface area contributed by atoms with Crippen molar-refractivity contribution in [2.45, 2.75) is 46.1 Å². The Morgan fingerprint density at radius 1 is 1.46 bits per heavy atom. The first-order valence-corrected chi connectivity index (χ1v) is 11.1. The molecular formula is C17H23N3O4S2. The van der Waals surface area contributed by atoms with Gasteiger partial charge in [0.1, 0.15) is 17.6 Å². The van der Waals surface area contributed by atoms with Crippen LogP contribution in [-0.2, 0) is 14.8 Å². The minimum atomic E-state index is -3.39. The predicted octanol–water partition coefficient (Wildman–Crippen LogP) is 3.16. The second-order valence-electron chi connectivity index (χ2n) is 6.44. The van der Waals surface area contributed by atoms with Crippen molar-refractivity contribution < 1.29 is 17.6 Å². The fourth-order valence-corrected chi connectivity index (χ4v) is 5.70. The number of carbonyl (C=O) groups is 1. The summed E-state index contributed by atoms with van der Waals surface area (Å²) in [5.41, 5.74) is 1.63. The number of sulfonamides is 1. The maximum atomic E-state index is 12.6. The van der Waals surface area contributed by atoms with E-state index in [1.54, 1.807) is 0 Å². The molecule has 26 heavy (non-hydrogen) atoms. The third kappa shape index (κ3) is 3.84. The molecule has 1 aliphatic heterocycles. The van der Waals surface area contributed by atoms with Gasteiger partial charge in [-0.25, -0.2) is 13.4 Å². The molecule has 2 aromatic rings. The van der Waals surface area contributed by atoms with Crippen molar-refractivity contribution >= 4 is 32.4 Å². The van der Waals surface area contributed by atoms with Crippen molar-refractivity contribution in [2.75, 3.05) is 17.6 Å². The molecule has 1 fully saturated rings. The zero-order chi connectivity index (χ0) is 18.9. The van der Waals surface area contributed by atoms with Crippen molar-refractivity contribution in [1.82, 2.24) is 9.29 Å².